The predicted octanol–water partition coefficient (Wildman–Crippen LogP) is 6.60. The fourth-order valence-electron chi connectivity index (χ4n) is 3.93. The number of likely N-dealkylation sites (N-methyl/N-ethyl adjacent to an activating group) is 1. The number of aromatic nitrogens is 2. The Morgan fingerprint density at radius 1 is 1.00 bits per heavy atom. The molecule has 36 heavy (non-hydrogen) atoms. The zero-order valence-electron chi connectivity index (χ0n) is 20.3. The van der Waals surface area contributed by atoms with Crippen LogP contribution in [0, 0.1) is 0 Å². The molecule has 3 aromatic heterocycles. The number of carbonyl (C=O) groups excluding carboxylic acids is 1. The van der Waals surface area contributed by atoms with Crippen molar-refractivity contribution in [1.82, 2.24) is 14.9 Å². The van der Waals surface area contributed by atoms with Crippen LogP contribution in [-0.2, 0) is 0 Å². The molecule has 0 saturated carbocycles. The summed E-state index contributed by atoms with van der Waals surface area (Å²) in [6, 6.07) is 19.7. The summed E-state index contributed by atoms with van der Waals surface area (Å²) in [5, 5.41) is 3.52. The van der Waals surface area contributed by atoms with Crippen LogP contribution in [-0.4, -0.2) is 54.6 Å². The number of hydrogen-bond donors (Lipinski definition) is 0. The molecule has 186 valence electrons. The van der Waals surface area contributed by atoms with Crippen molar-refractivity contribution in [3.05, 3.63) is 71.6 Å². The second-order valence-corrected chi connectivity index (χ2v) is 10.3. The molecule has 0 radical (unpaired) electrons. The summed E-state index contributed by atoms with van der Waals surface area (Å²) in [6.45, 7) is 3.74. The minimum atomic E-state index is -0.0831. The summed E-state index contributed by atoms with van der Waals surface area (Å²) < 4.78 is 6.79. The van der Waals surface area contributed by atoms with Gasteiger partial charge in [0.15, 0.2) is 5.13 Å². The van der Waals surface area contributed by atoms with Crippen LogP contribution in [0.15, 0.2) is 66.0 Å². The number of amides is 1. The number of carbonyl (C=O) groups is 1. The Balaban J connectivity index is 0.00000304. The number of pyridine rings is 1. The molecule has 2 aromatic carbocycles. The smallest absolute Gasteiger partial charge is 0.260 e. The van der Waals surface area contributed by atoms with E-state index in [1.165, 1.54) is 11.3 Å². The monoisotopic (exact) mass is 538 g/mol. The second kappa shape index (κ2) is 11.3. The molecule has 0 saturated heterocycles. The van der Waals surface area contributed by atoms with Crippen LogP contribution in [0.4, 0.5) is 5.13 Å². The molecule has 0 bridgehead atoms. The molecule has 5 aromatic rings. The van der Waals surface area contributed by atoms with E-state index in [0.29, 0.717) is 30.4 Å². The van der Waals surface area contributed by atoms with Crippen molar-refractivity contribution in [2.24, 2.45) is 0 Å². The first kappa shape index (κ1) is 26.0. The lowest BCUT2D eigenvalue weighted by atomic mass is 10.1. The molecular formula is C27H27ClN4O2S2. The molecule has 0 spiro atoms. The molecule has 1 amide bonds. The second-order valence-electron chi connectivity index (χ2n) is 8.34. The van der Waals surface area contributed by atoms with Gasteiger partial charge >= 0.3 is 0 Å². The van der Waals surface area contributed by atoms with E-state index in [1.54, 1.807) is 16.2 Å². The quantitative estimate of drug-likeness (QED) is 0.223. The number of thiophene rings is 1. The maximum atomic E-state index is 14.2. The Labute approximate surface area is 224 Å². The number of nitrogens with zero attached hydrogens (tertiary/aromatic N) is 4. The normalized spacial score (nSPS) is 11.1. The zero-order valence-corrected chi connectivity index (χ0v) is 22.8. The van der Waals surface area contributed by atoms with E-state index >= 15 is 0 Å². The molecule has 0 fully saturated rings. The van der Waals surface area contributed by atoms with Gasteiger partial charge < -0.3 is 9.64 Å². The van der Waals surface area contributed by atoms with Crippen LogP contribution >= 0.6 is 35.1 Å². The predicted molar refractivity (Wildman–Crippen MR) is 153 cm³/mol. The number of para-hydroxylation sites is 2. The highest BCUT2D eigenvalue weighted by atomic mass is 35.5. The SMILES string of the molecule is CCOc1cccc2sc(N(CCN(C)C)C(=O)c3cc(-c4cccs4)nc4ccccc34)nc12.Cl. The molecule has 0 aliphatic rings. The Hall–Kier alpha value is -3.04. The van der Waals surface area contributed by atoms with E-state index in [1.807, 2.05) is 87.1 Å². The lowest BCUT2D eigenvalue weighted by molar-refractivity contribution is 0.0986. The number of benzene rings is 2. The summed E-state index contributed by atoms with van der Waals surface area (Å²) in [4.78, 5) is 28.8. The molecule has 0 N–H and O–H groups in total. The van der Waals surface area contributed by atoms with E-state index in [4.69, 9.17) is 14.7 Å². The summed E-state index contributed by atoms with van der Waals surface area (Å²) in [5.41, 5.74) is 3.02. The summed E-state index contributed by atoms with van der Waals surface area (Å²) in [6.07, 6.45) is 0. The van der Waals surface area contributed by atoms with Crippen LogP contribution in [0.1, 0.15) is 17.3 Å². The fourth-order valence-corrected chi connectivity index (χ4v) is 5.63. The third-order valence-corrected chi connectivity index (χ3v) is 7.57. The van der Waals surface area contributed by atoms with Gasteiger partial charge in [-0.25, -0.2) is 9.97 Å². The van der Waals surface area contributed by atoms with Crippen molar-refractivity contribution >= 4 is 67.2 Å². The Bertz CT molecular complexity index is 1480. The van der Waals surface area contributed by atoms with Crippen molar-refractivity contribution in [2.75, 3.05) is 38.7 Å². The minimum absolute atomic E-state index is 0. The molecule has 6 nitrogen and oxygen atoms in total. The summed E-state index contributed by atoms with van der Waals surface area (Å²) in [7, 11) is 4.01. The first-order valence-corrected chi connectivity index (χ1v) is 13.2. The third-order valence-electron chi connectivity index (χ3n) is 5.64. The Morgan fingerprint density at radius 2 is 1.83 bits per heavy atom. The van der Waals surface area contributed by atoms with E-state index < -0.39 is 0 Å². The minimum Gasteiger partial charge on any atom is -0.492 e. The van der Waals surface area contributed by atoms with Crippen molar-refractivity contribution in [2.45, 2.75) is 6.92 Å². The lowest BCUT2D eigenvalue weighted by Crippen LogP contribution is -2.37. The van der Waals surface area contributed by atoms with Gasteiger partial charge in [0.1, 0.15) is 11.3 Å². The van der Waals surface area contributed by atoms with Crippen molar-refractivity contribution in [3.63, 3.8) is 0 Å². The van der Waals surface area contributed by atoms with E-state index in [9.17, 15) is 4.79 Å². The van der Waals surface area contributed by atoms with Gasteiger partial charge in [-0.15, -0.1) is 23.7 Å². The first-order chi connectivity index (χ1) is 17.0. The number of hydrogen-bond acceptors (Lipinski definition) is 7. The third kappa shape index (κ3) is 5.22. The number of anilines is 1. The molecule has 0 atom stereocenters. The van der Waals surface area contributed by atoms with Crippen LogP contribution in [0.3, 0.4) is 0 Å². The zero-order chi connectivity index (χ0) is 24.4. The first-order valence-electron chi connectivity index (χ1n) is 11.5. The van der Waals surface area contributed by atoms with Crippen LogP contribution < -0.4 is 9.64 Å². The average molecular weight is 539 g/mol. The van der Waals surface area contributed by atoms with Gasteiger partial charge in [-0.3, -0.25) is 9.69 Å². The molecule has 0 aliphatic heterocycles. The van der Waals surface area contributed by atoms with E-state index in [-0.39, 0.29) is 18.3 Å². The number of ether oxygens (including phenoxy) is 1. The maximum absolute atomic E-state index is 14.2. The summed E-state index contributed by atoms with van der Waals surface area (Å²) >= 11 is 3.12. The highest BCUT2D eigenvalue weighted by Crippen LogP contribution is 2.36. The number of thiazole rings is 1. The number of fused-ring (bicyclic) bond motifs is 2. The largest absolute Gasteiger partial charge is 0.492 e. The van der Waals surface area contributed by atoms with Gasteiger partial charge in [-0.2, -0.15) is 0 Å². The standard InChI is InChI=1S/C27H26N4O2S2.ClH/c1-4-33-22-11-7-12-24-25(22)29-27(35-24)31(15-14-30(2)3)26(32)19-17-21(23-13-8-16-34-23)28-20-10-6-5-9-18(19)20;/h5-13,16-17H,4,14-15H2,1-3H3;1H. The molecule has 9 heteroatoms. The molecule has 5 rings (SSSR count). The van der Waals surface area contributed by atoms with Gasteiger partial charge in [0.2, 0.25) is 0 Å². The van der Waals surface area contributed by atoms with E-state index in [0.717, 1.165) is 37.4 Å². The van der Waals surface area contributed by atoms with Gasteiger partial charge in [-0.05, 0) is 56.7 Å². The highest BCUT2D eigenvalue weighted by molar-refractivity contribution is 7.22. The number of rotatable bonds is 8. The van der Waals surface area contributed by atoms with Gasteiger partial charge in [0, 0.05) is 18.5 Å². The van der Waals surface area contributed by atoms with Crippen LogP contribution in [0.2, 0.25) is 0 Å². The lowest BCUT2D eigenvalue weighted by Gasteiger charge is -2.23. The Kier molecular flexibility index (Phi) is 8.21. The van der Waals surface area contributed by atoms with Crippen molar-refractivity contribution < 1.29 is 9.53 Å². The molecule has 3 heterocycles. The van der Waals surface area contributed by atoms with Crippen LogP contribution in [0.25, 0.3) is 31.7 Å². The van der Waals surface area contributed by atoms with Gasteiger partial charge in [0.25, 0.3) is 5.91 Å². The van der Waals surface area contributed by atoms with Gasteiger partial charge in [-0.1, -0.05) is 41.7 Å². The molecular weight excluding hydrogens is 512 g/mol. The van der Waals surface area contributed by atoms with Crippen LogP contribution in [0.5, 0.6) is 5.75 Å². The fraction of sp³-hybridized carbons (Fsp3) is 0.222. The Morgan fingerprint density at radius 3 is 2.58 bits per heavy atom. The van der Waals surface area contributed by atoms with Gasteiger partial charge in [0.05, 0.1) is 33.0 Å². The maximum Gasteiger partial charge on any atom is 0.260 e. The van der Waals surface area contributed by atoms with Crippen molar-refractivity contribution in [1.29, 1.82) is 0 Å². The number of halogens is 1. The average Bonchev–Trinajstić information content (AvgIpc) is 3.54. The topological polar surface area (TPSA) is 58.6 Å². The summed E-state index contributed by atoms with van der Waals surface area (Å²) in [5.74, 6) is 0.655. The van der Waals surface area contributed by atoms with E-state index in [2.05, 4.69) is 4.90 Å². The molecule has 0 unspecified atom stereocenters. The van der Waals surface area contributed by atoms with Crippen molar-refractivity contribution in [3.8, 4) is 16.3 Å². The molecule has 0 aliphatic carbocycles. The highest BCUT2D eigenvalue weighted by Gasteiger charge is 2.25.